The molecule has 4 rings (SSSR count). The molecule has 1 aliphatic rings. The SMILES string of the molecule is O=C1C(=O)N(CCCCOc2ccc3ccccc3c2)c2ccccc21. The van der Waals surface area contributed by atoms with Crippen molar-refractivity contribution < 1.29 is 14.3 Å². The molecule has 0 saturated heterocycles. The maximum absolute atomic E-state index is 12.1. The quantitative estimate of drug-likeness (QED) is 0.496. The molecule has 1 aliphatic heterocycles. The van der Waals surface area contributed by atoms with Gasteiger partial charge in [-0.2, -0.15) is 0 Å². The summed E-state index contributed by atoms with van der Waals surface area (Å²) in [4.78, 5) is 25.7. The molecule has 130 valence electrons. The highest BCUT2D eigenvalue weighted by Crippen LogP contribution is 2.28. The lowest BCUT2D eigenvalue weighted by atomic mass is 10.1. The number of Topliss-reactive ketones (excluding diaryl/α,β-unsaturated/α-hetero) is 1. The predicted molar refractivity (Wildman–Crippen MR) is 102 cm³/mol. The normalized spacial score (nSPS) is 13.3. The summed E-state index contributed by atoms with van der Waals surface area (Å²) in [5.41, 5.74) is 1.22. The second-order valence-electron chi connectivity index (χ2n) is 6.37. The molecule has 0 aliphatic carbocycles. The van der Waals surface area contributed by atoms with E-state index in [-0.39, 0.29) is 0 Å². The van der Waals surface area contributed by atoms with Gasteiger partial charge < -0.3 is 9.64 Å². The van der Waals surface area contributed by atoms with Crippen molar-refractivity contribution in [2.24, 2.45) is 0 Å². The number of carbonyl (C=O) groups excluding carboxylic acids is 2. The average molecular weight is 345 g/mol. The van der Waals surface area contributed by atoms with Gasteiger partial charge in [0.2, 0.25) is 0 Å². The molecule has 0 bridgehead atoms. The van der Waals surface area contributed by atoms with Crippen LogP contribution in [0.15, 0.2) is 66.7 Å². The number of carbonyl (C=O) groups is 2. The first-order chi connectivity index (χ1) is 12.7. The molecule has 0 fully saturated rings. The molecule has 0 aromatic heterocycles. The van der Waals surface area contributed by atoms with E-state index >= 15 is 0 Å². The van der Waals surface area contributed by atoms with Crippen molar-refractivity contribution in [1.82, 2.24) is 0 Å². The van der Waals surface area contributed by atoms with Gasteiger partial charge in [0.25, 0.3) is 11.7 Å². The van der Waals surface area contributed by atoms with E-state index in [2.05, 4.69) is 18.2 Å². The van der Waals surface area contributed by atoms with Crippen molar-refractivity contribution in [2.45, 2.75) is 12.8 Å². The summed E-state index contributed by atoms with van der Waals surface area (Å²) in [7, 11) is 0. The van der Waals surface area contributed by atoms with E-state index < -0.39 is 11.7 Å². The molecule has 3 aromatic carbocycles. The van der Waals surface area contributed by atoms with E-state index in [0.717, 1.165) is 29.7 Å². The van der Waals surface area contributed by atoms with Crippen LogP contribution in [0, 0.1) is 0 Å². The lowest BCUT2D eigenvalue weighted by molar-refractivity contribution is -0.114. The number of fused-ring (bicyclic) bond motifs is 2. The zero-order chi connectivity index (χ0) is 17.9. The van der Waals surface area contributed by atoms with E-state index in [0.29, 0.717) is 18.7 Å². The van der Waals surface area contributed by atoms with E-state index in [1.807, 2.05) is 36.4 Å². The van der Waals surface area contributed by atoms with Crippen LogP contribution < -0.4 is 9.64 Å². The van der Waals surface area contributed by atoms with Crippen LogP contribution in [-0.2, 0) is 4.79 Å². The highest BCUT2D eigenvalue weighted by atomic mass is 16.5. The molecular weight excluding hydrogens is 326 g/mol. The minimum atomic E-state index is -0.429. The lowest BCUT2D eigenvalue weighted by Crippen LogP contribution is -2.30. The van der Waals surface area contributed by atoms with Crippen LogP contribution in [0.2, 0.25) is 0 Å². The first kappa shape index (κ1) is 16.3. The van der Waals surface area contributed by atoms with Crippen molar-refractivity contribution in [3.05, 3.63) is 72.3 Å². The molecule has 0 N–H and O–H groups in total. The van der Waals surface area contributed by atoms with Gasteiger partial charge in [0.05, 0.1) is 17.9 Å². The highest BCUT2D eigenvalue weighted by molar-refractivity contribution is 6.52. The molecule has 26 heavy (non-hydrogen) atoms. The van der Waals surface area contributed by atoms with E-state index in [9.17, 15) is 9.59 Å². The second-order valence-corrected chi connectivity index (χ2v) is 6.37. The van der Waals surface area contributed by atoms with E-state index in [1.54, 1.807) is 17.0 Å². The average Bonchev–Trinajstić information content (AvgIpc) is 2.92. The Kier molecular flexibility index (Phi) is 4.40. The fourth-order valence-corrected chi connectivity index (χ4v) is 3.29. The zero-order valence-electron chi connectivity index (χ0n) is 14.4. The fourth-order valence-electron chi connectivity index (χ4n) is 3.29. The van der Waals surface area contributed by atoms with Crippen LogP contribution in [0.4, 0.5) is 5.69 Å². The standard InChI is InChI=1S/C22H19NO3/c24-21-19-9-3-4-10-20(19)23(22(21)25)13-5-6-14-26-18-12-11-16-7-1-2-8-17(16)15-18/h1-4,7-12,15H,5-6,13-14H2. The highest BCUT2D eigenvalue weighted by Gasteiger charge is 2.34. The van der Waals surface area contributed by atoms with Crippen LogP contribution in [0.25, 0.3) is 10.8 Å². The summed E-state index contributed by atoms with van der Waals surface area (Å²) >= 11 is 0. The molecule has 4 heteroatoms. The largest absolute Gasteiger partial charge is 0.494 e. The van der Waals surface area contributed by atoms with Crippen molar-refractivity contribution in [2.75, 3.05) is 18.1 Å². The van der Waals surface area contributed by atoms with Crippen LogP contribution in [0.1, 0.15) is 23.2 Å². The van der Waals surface area contributed by atoms with E-state index in [4.69, 9.17) is 4.74 Å². The van der Waals surface area contributed by atoms with Crippen LogP contribution >= 0.6 is 0 Å². The number of anilines is 1. The smallest absolute Gasteiger partial charge is 0.299 e. The number of ether oxygens (including phenoxy) is 1. The van der Waals surface area contributed by atoms with Gasteiger partial charge in [-0.3, -0.25) is 9.59 Å². The van der Waals surface area contributed by atoms with Gasteiger partial charge in [-0.25, -0.2) is 0 Å². The minimum Gasteiger partial charge on any atom is -0.494 e. The third-order valence-corrected chi connectivity index (χ3v) is 4.64. The summed E-state index contributed by atoms with van der Waals surface area (Å²) < 4.78 is 5.83. The Balaban J connectivity index is 1.30. The maximum atomic E-state index is 12.1. The lowest BCUT2D eigenvalue weighted by Gasteiger charge is -2.16. The molecule has 4 nitrogen and oxygen atoms in total. The molecule has 0 saturated carbocycles. The van der Waals surface area contributed by atoms with Gasteiger partial charge in [-0.1, -0.05) is 42.5 Å². The molecular formula is C22H19NO3. The number of ketones is 1. The Morgan fingerprint density at radius 1 is 0.808 bits per heavy atom. The molecule has 3 aromatic rings. The second kappa shape index (κ2) is 7.00. The first-order valence-corrected chi connectivity index (χ1v) is 8.81. The van der Waals surface area contributed by atoms with Crippen molar-refractivity contribution in [1.29, 1.82) is 0 Å². The summed E-state index contributed by atoms with van der Waals surface area (Å²) in [5.74, 6) is 0.0103. The number of para-hydroxylation sites is 1. The maximum Gasteiger partial charge on any atom is 0.299 e. The molecule has 0 spiro atoms. The van der Waals surface area contributed by atoms with Gasteiger partial charge in [-0.15, -0.1) is 0 Å². The summed E-state index contributed by atoms with van der Waals surface area (Å²) in [6, 6.07) is 21.4. The molecule has 0 unspecified atom stereocenters. The van der Waals surface area contributed by atoms with Gasteiger partial charge in [0.1, 0.15) is 5.75 Å². The summed E-state index contributed by atoms with van der Waals surface area (Å²) in [6.45, 7) is 1.11. The molecule has 1 heterocycles. The molecule has 0 atom stereocenters. The Bertz CT molecular complexity index is 980. The predicted octanol–water partition coefficient (Wildman–Crippen LogP) is 4.23. The van der Waals surface area contributed by atoms with Crippen LogP contribution in [0.3, 0.4) is 0 Å². The van der Waals surface area contributed by atoms with Gasteiger partial charge >= 0.3 is 0 Å². The molecule has 0 radical (unpaired) electrons. The van der Waals surface area contributed by atoms with E-state index in [1.165, 1.54) is 5.39 Å². The summed E-state index contributed by atoms with van der Waals surface area (Å²) in [6.07, 6.45) is 1.59. The van der Waals surface area contributed by atoms with Crippen molar-refractivity contribution in [3.63, 3.8) is 0 Å². The number of hydrogen-bond donors (Lipinski definition) is 0. The minimum absolute atomic E-state index is 0.409. The topological polar surface area (TPSA) is 46.6 Å². The monoisotopic (exact) mass is 345 g/mol. The van der Waals surface area contributed by atoms with Gasteiger partial charge in [0, 0.05) is 6.54 Å². The number of hydrogen-bond acceptors (Lipinski definition) is 3. The van der Waals surface area contributed by atoms with Gasteiger partial charge in [0.15, 0.2) is 0 Å². The van der Waals surface area contributed by atoms with Crippen molar-refractivity contribution >= 4 is 28.2 Å². The summed E-state index contributed by atoms with van der Waals surface area (Å²) in [5, 5.41) is 2.35. The molecule has 1 amide bonds. The van der Waals surface area contributed by atoms with Gasteiger partial charge in [-0.05, 0) is 47.9 Å². The number of unbranched alkanes of at least 4 members (excludes halogenated alkanes) is 1. The Morgan fingerprint density at radius 3 is 2.46 bits per heavy atom. The number of benzene rings is 3. The van der Waals surface area contributed by atoms with Crippen LogP contribution in [0.5, 0.6) is 5.75 Å². The number of rotatable bonds is 6. The Labute approximate surface area is 152 Å². The first-order valence-electron chi connectivity index (χ1n) is 8.81. The number of amides is 1. The third-order valence-electron chi connectivity index (χ3n) is 4.64. The zero-order valence-corrected chi connectivity index (χ0v) is 14.4. The fraction of sp³-hybridized carbons (Fsp3) is 0.182. The van der Waals surface area contributed by atoms with Crippen molar-refractivity contribution in [3.8, 4) is 5.75 Å². The number of nitrogens with zero attached hydrogens (tertiary/aromatic N) is 1. The Morgan fingerprint density at radius 2 is 1.58 bits per heavy atom. The Hall–Kier alpha value is -3.14. The third kappa shape index (κ3) is 3.06. The van der Waals surface area contributed by atoms with Crippen LogP contribution in [-0.4, -0.2) is 24.8 Å².